The van der Waals surface area contributed by atoms with E-state index in [2.05, 4.69) is 60.8 Å². The highest BCUT2D eigenvalue weighted by atomic mass is 16.3. The Morgan fingerprint density at radius 2 is 1.15 bits per heavy atom. The maximum atomic E-state index is 12.2. The summed E-state index contributed by atoms with van der Waals surface area (Å²) in [6.07, 6.45) is 43.1. The highest BCUT2D eigenvalue weighted by molar-refractivity contribution is 5.76. The van der Waals surface area contributed by atoms with Gasteiger partial charge in [-0.2, -0.15) is 0 Å². The molecule has 0 aromatic heterocycles. The molecule has 0 rings (SSSR count). The molecule has 4 nitrogen and oxygen atoms in total. The third-order valence-electron chi connectivity index (χ3n) is 7.05. The van der Waals surface area contributed by atoms with Crippen LogP contribution >= 0.6 is 0 Å². The van der Waals surface area contributed by atoms with Gasteiger partial charge in [0.15, 0.2) is 0 Å². The van der Waals surface area contributed by atoms with Crippen LogP contribution in [0.5, 0.6) is 0 Å². The van der Waals surface area contributed by atoms with Crippen LogP contribution in [-0.2, 0) is 4.79 Å². The van der Waals surface area contributed by atoms with Crippen molar-refractivity contribution in [2.75, 3.05) is 6.61 Å². The number of aliphatic hydroxyl groups excluding tert-OH is 2. The summed E-state index contributed by atoms with van der Waals surface area (Å²) >= 11 is 0. The van der Waals surface area contributed by atoms with Crippen molar-refractivity contribution in [3.63, 3.8) is 0 Å². The molecule has 40 heavy (non-hydrogen) atoms. The van der Waals surface area contributed by atoms with E-state index in [0.29, 0.717) is 6.42 Å². The van der Waals surface area contributed by atoms with Gasteiger partial charge >= 0.3 is 0 Å². The Morgan fingerprint density at radius 3 is 1.73 bits per heavy atom. The Hall–Kier alpha value is -1.91. The van der Waals surface area contributed by atoms with Gasteiger partial charge < -0.3 is 15.5 Å². The minimum Gasteiger partial charge on any atom is -0.394 e. The van der Waals surface area contributed by atoms with E-state index in [0.717, 1.165) is 44.9 Å². The van der Waals surface area contributed by atoms with Crippen molar-refractivity contribution >= 4 is 5.91 Å². The zero-order valence-electron chi connectivity index (χ0n) is 26.1. The number of carbonyl (C=O) groups is 1. The lowest BCUT2D eigenvalue weighted by Crippen LogP contribution is -2.45. The highest BCUT2D eigenvalue weighted by Gasteiger charge is 2.17. The summed E-state index contributed by atoms with van der Waals surface area (Å²) in [5, 5.41) is 22.7. The van der Waals surface area contributed by atoms with Crippen molar-refractivity contribution in [2.24, 2.45) is 0 Å². The maximum absolute atomic E-state index is 12.2. The summed E-state index contributed by atoms with van der Waals surface area (Å²) in [5.74, 6) is -0.0902. The van der Waals surface area contributed by atoms with Gasteiger partial charge in [-0.15, -0.1) is 0 Å². The summed E-state index contributed by atoms with van der Waals surface area (Å²) < 4.78 is 0. The van der Waals surface area contributed by atoms with Crippen molar-refractivity contribution in [3.05, 3.63) is 60.8 Å². The molecule has 0 heterocycles. The van der Waals surface area contributed by atoms with Gasteiger partial charge in [-0.1, -0.05) is 125 Å². The topological polar surface area (TPSA) is 69.6 Å². The lowest BCUT2D eigenvalue weighted by Gasteiger charge is -2.19. The molecule has 0 saturated heterocycles. The summed E-state index contributed by atoms with van der Waals surface area (Å²) in [4.78, 5) is 12.2. The quantitative estimate of drug-likeness (QED) is 0.0663. The van der Waals surface area contributed by atoms with Crippen LogP contribution in [0.3, 0.4) is 0 Å². The first-order chi connectivity index (χ1) is 19.7. The van der Waals surface area contributed by atoms with Gasteiger partial charge in [0.2, 0.25) is 5.91 Å². The van der Waals surface area contributed by atoms with E-state index in [-0.39, 0.29) is 12.5 Å². The van der Waals surface area contributed by atoms with E-state index in [1.807, 2.05) is 13.0 Å². The van der Waals surface area contributed by atoms with Gasteiger partial charge in [-0.05, 0) is 71.1 Å². The molecule has 2 unspecified atom stereocenters. The second-order valence-electron chi connectivity index (χ2n) is 10.9. The minimum atomic E-state index is -0.870. The number of hydrogen-bond donors (Lipinski definition) is 3. The molecule has 230 valence electrons. The standard InChI is InChI=1S/C36H63NO3/c1-3-5-7-9-11-13-14-15-16-17-18-19-20-21-22-24-26-28-30-32-36(40)37-34(33-38)35(39)31-29-27-25-23-12-10-8-6-4-2/h4,6,11-13,15-16,23,29,31,34-35,38-39H,3,5,7-10,14,17-22,24-28,30,32-33H2,1-2H3,(H,37,40)/b6-4+,13-11-,16-15-,23-12+,31-29+. The molecular formula is C36H63NO3. The molecule has 2 atom stereocenters. The third-order valence-corrected chi connectivity index (χ3v) is 7.05. The van der Waals surface area contributed by atoms with Gasteiger partial charge in [-0.3, -0.25) is 4.79 Å². The van der Waals surface area contributed by atoms with E-state index in [4.69, 9.17) is 0 Å². The Kier molecular flexibility index (Phi) is 30.1. The Morgan fingerprint density at radius 1 is 0.650 bits per heavy atom. The Labute approximate surface area is 247 Å². The Bertz CT molecular complexity index is 692. The predicted octanol–water partition coefficient (Wildman–Crippen LogP) is 9.45. The van der Waals surface area contributed by atoms with Crippen LogP contribution in [-0.4, -0.2) is 34.9 Å². The van der Waals surface area contributed by atoms with Crippen molar-refractivity contribution < 1.29 is 15.0 Å². The molecule has 0 radical (unpaired) electrons. The van der Waals surface area contributed by atoms with E-state index >= 15 is 0 Å². The number of rotatable bonds is 28. The average molecular weight is 558 g/mol. The fourth-order valence-electron chi connectivity index (χ4n) is 4.48. The van der Waals surface area contributed by atoms with Crippen LogP contribution in [0.25, 0.3) is 0 Å². The fourth-order valence-corrected chi connectivity index (χ4v) is 4.48. The molecular weight excluding hydrogens is 494 g/mol. The number of carbonyl (C=O) groups excluding carboxylic acids is 1. The van der Waals surface area contributed by atoms with Gasteiger partial charge in [0.25, 0.3) is 0 Å². The number of nitrogens with one attached hydrogen (secondary N) is 1. The molecule has 0 aromatic carbocycles. The first-order valence-corrected chi connectivity index (χ1v) is 16.5. The van der Waals surface area contributed by atoms with Crippen LogP contribution in [0.4, 0.5) is 0 Å². The van der Waals surface area contributed by atoms with Crippen molar-refractivity contribution in [1.82, 2.24) is 5.32 Å². The second-order valence-corrected chi connectivity index (χ2v) is 10.9. The van der Waals surface area contributed by atoms with E-state index in [1.165, 1.54) is 77.0 Å². The molecule has 0 aromatic rings. The molecule has 3 N–H and O–H groups in total. The molecule has 4 heteroatoms. The van der Waals surface area contributed by atoms with Crippen LogP contribution in [0, 0.1) is 0 Å². The number of hydrogen-bond acceptors (Lipinski definition) is 3. The zero-order valence-corrected chi connectivity index (χ0v) is 26.1. The van der Waals surface area contributed by atoms with Crippen molar-refractivity contribution in [2.45, 2.75) is 154 Å². The number of amides is 1. The molecule has 0 spiro atoms. The van der Waals surface area contributed by atoms with Crippen molar-refractivity contribution in [3.8, 4) is 0 Å². The predicted molar refractivity (Wildman–Crippen MR) is 174 cm³/mol. The van der Waals surface area contributed by atoms with Gasteiger partial charge in [0, 0.05) is 6.42 Å². The molecule has 1 amide bonds. The number of unbranched alkanes of at least 4 members (excludes halogenated alkanes) is 14. The molecule has 0 aliphatic carbocycles. The highest BCUT2D eigenvalue weighted by Crippen LogP contribution is 2.12. The third kappa shape index (κ3) is 27.6. The van der Waals surface area contributed by atoms with Crippen LogP contribution < -0.4 is 5.32 Å². The normalized spacial score (nSPS) is 14.0. The summed E-state index contributed by atoms with van der Waals surface area (Å²) in [5.41, 5.74) is 0. The second kappa shape index (κ2) is 31.6. The maximum Gasteiger partial charge on any atom is 0.220 e. The molecule has 0 aliphatic rings. The van der Waals surface area contributed by atoms with E-state index < -0.39 is 12.1 Å². The first-order valence-electron chi connectivity index (χ1n) is 16.5. The van der Waals surface area contributed by atoms with Crippen molar-refractivity contribution in [1.29, 1.82) is 0 Å². The fraction of sp³-hybridized carbons (Fsp3) is 0.694. The van der Waals surface area contributed by atoms with Gasteiger partial charge in [-0.25, -0.2) is 0 Å². The average Bonchev–Trinajstić information content (AvgIpc) is 2.96. The summed E-state index contributed by atoms with van der Waals surface area (Å²) in [7, 11) is 0. The minimum absolute atomic E-state index is 0.0902. The number of aliphatic hydroxyl groups is 2. The first kappa shape index (κ1) is 38.1. The van der Waals surface area contributed by atoms with E-state index in [1.54, 1.807) is 6.08 Å². The monoisotopic (exact) mass is 557 g/mol. The van der Waals surface area contributed by atoms with Crippen LogP contribution in [0.1, 0.15) is 142 Å². The SMILES string of the molecule is C/C=C/CC/C=C/CC/C=C/C(O)C(CO)NC(=O)CCCCCCCCCCC/C=C\C/C=C\CCCCC. The summed E-state index contributed by atoms with van der Waals surface area (Å²) in [6.45, 7) is 4.01. The zero-order chi connectivity index (χ0) is 29.4. The largest absolute Gasteiger partial charge is 0.394 e. The van der Waals surface area contributed by atoms with E-state index in [9.17, 15) is 15.0 Å². The number of allylic oxidation sites excluding steroid dienone is 9. The lowest BCUT2D eigenvalue weighted by molar-refractivity contribution is -0.123. The van der Waals surface area contributed by atoms with Gasteiger partial charge in [0.05, 0.1) is 18.8 Å². The molecule has 0 fully saturated rings. The lowest BCUT2D eigenvalue weighted by atomic mass is 10.1. The Balaban J connectivity index is 3.66. The van der Waals surface area contributed by atoms with Gasteiger partial charge in [0.1, 0.15) is 0 Å². The molecule has 0 bridgehead atoms. The smallest absolute Gasteiger partial charge is 0.220 e. The molecule has 0 saturated carbocycles. The van der Waals surface area contributed by atoms with Crippen LogP contribution in [0.15, 0.2) is 60.8 Å². The molecule has 0 aliphatic heterocycles. The summed E-state index contributed by atoms with van der Waals surface area (Å²) in [6, 6.07) is -0.646. The van der Waals surface area contributed by atoms with Crippen LogP contribution in [0.2, 0.25) is 0 Å².